The number of hydrogen-bond donors (Lipinski definition) is 1. The summed E-state index contributed by atoms with van der Waals surface area (Å²) in [5.41, 5.74) is 6.35. The van der Waals surface area contributed by atoms with Gasteiger partial charge in [0, 0.05) is 25.5 Å². The summed E-state index contributed by atoms with van der Waals surface area (Å²) in [7, 11) is 1.71. The van der Waals surface area contributed by atoms with E-state index in [0.717, 1.165) is 30.9 Å². The van der Waals surface area contributed by atoms with E-state index in [4.69, 9.17) is 15.2 Å². The van der Waals surface area contributed by atoms with Gasteiger partial charge in [0.15, 0.2) is 0 Å². The van der Waals surface area contributed by atoms with Crippen LogP contribution in [0.25, 0.3) is 0 Å². The minimum absolute atomic E-state index is 0.715. The van der Waals surface area contributed by atoms with Gasteiger partial charge in [0.25, 0.3) is 0 Å². The van der Waals surface area contributed by atoms with Crippen LogP contribution in [0.15, 0.2) is 24.3 Å². The van der Waals surface area contributed by atoms with Crippen LogP contribution in [0.5, 0.6) is 5.75 Å². The van der Waals surface area contributed by atoms with Crippen molar-refractivity contribution in [1.29, 1.82) is 0 Å². The first-order chi connectivity index (χ1) is 6.83. The maximum atomic E-state index is 5.61. The fourth-order valence-electron chi connectivity index (χ4n) is 1.14. The monoisotopic (exact) mass is 195 g/mol. The predicted molar refractivity (Wildman–Crippen MR) is 57.5 cm³/mol. The van der Waals surface area contributed by atoms with Gasteiger partial charge in [0.05, 0.1) is 6.61 Å². The first-order valence-corrected chi connectivity index (χ1v) is 4.80. The third-order valence-corrected chi connectivity index (χ3v) is 1.87. The molecular formula is C11H17NO2. The number of nitrogen functional groups attached to an aromatic ring is 1. The summed E-state index contributed by atoms with van der Waals surface area (Å²) in [6, 6.07) is 7.47. The Bertz CT molecular complexity index is 263. The van der Waals surface area contributed by atoms with E-state index < -0.39 is 0 Å². The van der Waals surface area contributed by atoms with Gasteiger partial charge in [-0.25, -0.2) is 0 Å². The maximum absolute atomic E-state index is 5.61. The number of nitrogens with two attached hydrogens (primary N) is 1. The second-order valence-corrected chi connectivity index (χ2v) is 3.12. The van der Waals surface area contributed by atoms with E-state index in [1.54, 1.807) is 7.11 Å². The van der Waals surface area contributed by atoms with Crippen LogP contribution in [-0.2, 0) is 4.74 Å². The minimum Gasteiger partial charge on any atom is -0.494 e. The number of unbranched alkanes of at least 4 members (excludes halogenated alkanes) is 1. The van der Waals surface area contributed by atoms with E-state index in [-0.39, 0.29) is 0 Å². The Labute approximate surface area is 84.8 Å². The highest BCUT2D eigenvalue weighted by Crippen LogP contribution is 2.14. The van der Waals surface area contributed by atoms with Crippen molar-refractivity contribution in [2.45, 2.75) is 12.8 Å². The molecule has 0 saturated carbocycles. The average Bonchev–Trinajstić information content (AvgIpc) is 2.18. The van der Waals surface area contributed by atoms with E-state index in [2.05, 4.69) is 0 Å². The number of methoxy groups -OCH3 is 1. The second-order valence-electron chi connectivity index (χ2n) is 3.12. The van der Waals surface area contributed by atoms with Crippen LogP contribution in [0.4, 0.5) is 5.69 Å². The van der Waals surface area contributed by atoms with E-state index in [1.807, 2.05) is 24.3 Å². The lowest BCUT2D eigenvalue weighted by Gasteiger charge is -2.06. The van der Waals surface area contributed by atoms with Crippen LogP contribution in [0, 0.1) is 0 Å². The van der Waals surface area contributed by atoms with Crippen LogP contribution in [0.3, 0.4) is 0 Å². The Hall–Kier alpha value is -1.22. The van der Waals surface area contributed by atoms with Gasteiger partial charge >= 0.3 is 0 Å². The first-order valence-electron chi connectivity index (χ1n) is 4.80. The van der Waals surface area contributed by atoms with Crippen molar-refractivity contribution < 1.29 is 9.47 Å². The smallest absolute Gasteiger partial charge is 0.121 e. The topological polar surface area (TPSA) is 44.5 Å². The van der Waals surface area contributed by atoms with Crippen molar-refractivity contribution in [2.75, 3.05) is 26.1 Å². The lowest BCUT2D eigenvalue weighted by Crippen LogP contribution is -1.99. The summed E-state index contributed by atoms with van der Waals surface area (Å²) in [6.45, 7) is 1.51. The highest BCUT2D eigenvalue weighted by atomic mass is 16.5. The standard InChI is InChI=1S/C11H17NO2/c1-13-7-2-3-8-14-11-6-4-5-10(12)9-11/h4-6,9H,2-3,7-8,12H2,1H3. The van der Waals surface area contributed by atoms with Crippen LogP contribution < -0.4 is 10.5 Å². The van der Waals surface area contributed by atoms with E-state index in [9.17, 15) is 0 Å². The zero-order chi connectivity index (χ0) is 10.2. The van der Waals surface area contributed by atoms with Gasteiger partial charge in [-0.15, -0.1) is 0 Å². The zero-order valence-corrected chi connectivity index (χ0v) is 8.53. The molecule has 0 spiro atoms. The van der Waals surface area contributed by atoms with Gasteiger partial charge < -0.3 is 15.2 Å². The maximum Gasteiger partial charge on any atom is 0.121 e. The predicted octanol–water partition coefficient (Wildman–Crippen LogP) is 2.07. The second kappa shape index (κ2) is 6.27. The van der Waals surface area contributed by atoms with Crippen molar-refractivity contribution in [3.8, 4) is 5.75 Å². The van der Waals surface area contributed by atoms with Crippen molar-refractivity contribution >= 4 is 5.69 Å². The highest BCUT2D eigenvalue weighted by Gasteiger charge is 1.93. The molecule has 3 heteroatoms. The molecule has 0 aliphatic carbocycles. The third-order valence-electron chi connectivity index (χ3n) is 1.87. The molecule has 78 valence electrons. The molecule has 14 heavy (non-hydrogen) atoms. The lowest BCUT2D eigenvalue weighted by atomic mass is 10.3. The Kier molecular flexibility index (Phi) is 4.86. The van der Waals surface area contributed by atoms with Crippen LogP contribution in [0.2, 0.25) is 0 Å². The summed E-state index contributed by atoms with van der Waals surface area (Å²) >= 11 is 0. The van der Waals surface area contributed by atoms with Gasteiger partial charge in [0.2, 0.25) is 0 Å². The molecule has 0 radical (unpaired) electrons. The fraction of sp³-hybridized carbons (Fsp3) is 0.455. The molecule has 3 nitrogen and oxygen atoms in total. The molecule has 0 saturated heterocycles. The average molecular weight is 195 g/mol. The molecule has 1 rings (SSSR count). The number of anilines is 1. The molecule has 2 N–H and O–H groups in total. The largest absolute Gasteiger partial charge is 0.494 e. The third kappa shape index (κ3) is 4.14. The quantitative estimate of drug-likeness (QED) is 0.558. The molecule has 0 atom stereocenters. The molecule has 0 heterocycles. The highest BCUT2D eigenvalue weighted by molar-refractivity contribution is 5.43. The fourth-order valence-corrected chi connectivity index (χ4v) is 1.14. The first kappa shape index (κ1) is 10.9. The van der Waals surface area contributed by atoms with E-state index >= 15 is 0 Å². The van der Waals surface area contributed by atoms with Crippen molar-refractivity contribution in [3.05, 3.63) is 24.3 Å². The van der Waals surface area contributed by atoms with Gasteiger partial charge in [-0.05, 0) is 25.0 Å². The van der Waals surface area contributed by atoms with Gasteiger partial charge in [-0.2, -0.15) is 0 Å². The summed E-state index contributed by atoms with van der Waals surface area (Å²) in [6.07, 6.45) is 2.03. The lowest BCUT2D eigenvalue weighted by molar-refractivity contribution is 0.184. The number of benzene rings is 1. The normalized spacial score (nSPS) is 10.1. The Balaban J connectivity index is 2.18. The Morgan fingerprint density at radius 2 is 2.00 bits per heavy atom. The van der Waals surface area contributed by atoms with Crippen molar-refractivity contribution in [2.24, 2.45) is 0 Å². The molecule has 0 aliphatic rings. The number of ether oxygens (including phenoxy) is 2. The van der Waals surface area contributed by atoms with Gasteiger partial charge in [0.1, 0.15) is 5.75 Å². The van der Waals surface area contributed by atoms with Gasteiger partial charge in [-0.3, -0.25) is 0 Å². The molecule has 0 aliphatic heterocycles. The van der Waals surface area contributed by atoms with Crippen molar-refractivity contribution in [3.63, 3.8) is 0 Å². The van der Waals surface area contributed by atoms with E-state index in [0.29, 0.717) is 6.61 Å². The molecule has 1 aromatic carbocycles. The summed E-state index contributed by atoms with van der Waals surface area (Å²) in [5, 5.41) is 0. The SMILES string of the molecule is COCCCCOc1cccc(N)c1. The van der Waals surface area contributed by atoms with Crippen molar-refractivity contribution in [1.82, 2.24) is 0 Å². The summed E-state index contributed by atoms with van der Waals surface area (Å²) < 4.78 is 10.4. The number of rotatable bonds is 6. The summed E-state index contributed by atoms with van der Waals surface area (Å²) in [4.78, 5) is 0. The zero-order valence-electron chi connectivity index (χ0n) is 8.53. The minimum atomic E-state index is 0.715. The van der Waals surface area contributed by atoms with Crippen LogP contribution >= 0.6 is 0 Å². The molecule has 0 fully saturated rings. The molecular weight excluding hydrogens is 178 g/mol. The van der Waals surface area contributed by atoms with Crippen LogP contribution in [0.1, 0.15) is 12.8 Å². The number of hydrogen-bond acceptors (Lipinski definition) is 3. The Morgan fingerprint density at radius 1 is 1.21 bits per heavy atom. The van der Waals surface area contributed by atoms with E-state index in [1.165, 1.54) is 0 Å². The van der Waals surface area contributed by atoms with Crippen LogP contribution in [-0.4, -0.2) is 20.3 Å². The molecule has 0 bridgehead atoms. The Morgan fingerprint density at radius 3 is 2.71 bits per heavy atom. The summed E-state index contributed by atoms with van der Waals surface area (Å²) in [5.74, 6) is 0.836. The molecule has 1 aromatic rings. The molecule has 0 aromatic heterocycles. The molecule has 0 unspecified atom stereocenters. The molecule has 0 amide bonds. The van der Waals surface area contributed by atoms with Gasteiger partial charge in [-0.1, -0.05) is 6.07 Å².